The van der Waals surface area contributed by atoms with E-state index in [9.17, 15) is 9.36 Å². The van der Waals surface area contributed by atoms with Gasteiger partial charge in [0.2, 0.25) is 0 Å². The molecular weight excluding hydrogens is 325 g/mol. The zero-order chi connectivity index (χ0) is 17.7. The molecule has 0 spiro atoms. The molecule has 0 aliphatic carbocycles. The van der Waals surface area contributed by atoms with Crippen LogP contribution in [0.3, 0.4) is 0 Å². The molecule has 5 nitrogen and oxygen atoms in total. The third kappa shape index (κ3) is 5.17. The average Bonchev–Trinajstić information content (AvgIpc) is 2.48. The highest BCUT2D eigenvalue weighted by atomic mass is 31.2. The molecule has 24 heavy (non-hydrogen) atoms. The Morgan fingerprint density at radius 2 is 1.54 bits per heavy atom. The van der Waals surface area contributed by atoms with E-state index >= 15 is 0 Å². The summed E-state index contributed by atoms with van der Waals surface area (Å²) in [6, 6.07) is 13.0. The van der Waals surface area contributed by atoms with Crippen molar-refractivity contribution in [2.45, 2.75) is 46.2 Å². The van der Waals surface area contributed by atoms with Crippen molar-refractivity contribution in [2.75, 3.05) is 0 Å². The highest BCUT2D eigenvalue weighted by Gasteiger charge is 2.28. The minimum Gasteiger partial charge on any atom is -0.305 e. The molecule has 0 saturated heterocycles. The molecule has 1 aromatic carbocycles. The van der Waals surface area contributed by atoms with E-state index < -0.39 is 7.60 Å². The van der Waals surface area contributed by atoms with Crippen LogP contribution in [0.5, 0.6) is 0 Å². The van der Waals surface area contributed by atoms with Crippen molar-refractivity contribution in [1.82, 2.24) is 4.57 Å². The summed E-state index contributed by atoms with van der Waals surface area (Å²) in [7, 11) is -3.40. The van der Waals surface area contributed by atoms with Gasteiger partial charge >= 0.3 is 7.60 Å². The van der Waals surface area contributed by atoms with Crippen LogP contribution in [0.2, 0.25) is 0 Å². The van der Waals surface area contributed by atoms with E-state index in [1.54, 1.807) is 33.9 Å². The van der Waals surface area contributed by atoms with Gasteiger partial charge in [0.25, 0.3) is 5.56 Å². The van der Waals surface area contributed by atoms with E-state index in [1.807, 2.05) is 36.4 Å². The number of benzene rings is 1. The maximum absolute atomic E-state index is 12.9. The summed E-state index contributed by atoms with van der Waals surface area (Å²) in [5.41, 5.74) is 1.54. The number of rotatable bonds is 7. The smallest absolute Gasteiger partial charge is 0.305 e. The highest BCUT2D eigenvalue weighted by Crippen LogP contribution is 2.51. The highest BCUT2D eigenvalue weighted by molar-refractivity contribution is 7.52. The summed E-state index contributed by atoms with van der Waals surface area (Å²) in [6.07, 6.45) is 1.02. The Hall–Kier alpha value is -1.68. The fourth-order valence-electron chi connectivity index (χ4n) is 2.36. The SMILES string of the molecule is CC(C)OP(=O)(Cn1ccc(-c2ccccc2)cc1=O)OC(C)C. The van der Waals surface area contributed by atoms with Crippen molar-refractivity contribution >= 4 is 7.60 Å². The molecule has 0 saturated carbocycles. The molecule has 2 aromatic rings. The molecule has 0 fully saturated rings. The summed E-state index contributed by atoms with van der Waals surface area (Å²) >= 11 is 0. The van der Waals surface area contributed by atoms with Gasteiger partial charge in [-0.2, -0.15) is 0 Å². The van der Waals surface area contributed by atoms with Gasteiger partial charge in [-0.1, -0.05) is 30.3 Å². The summed E-state index contributed by atoms with van der Waals surface area (Å²) < 4.78 is 25.3. The molecule has 0 unspecified atom stereocenters. The average molecular weight is 349 g/mol. The molecular formula is C18H24NO4P. The number of aromatic nitrogens is 1. The maximum atomic E-state index is 12.9. The standard InChI is InChI=1S/C18H24NO4P/c1-14(2)22-24(21,23-15(3)4)13-19-11-10-17(12-18(19)20)16-8-6-5-7-9-16/h5-12,14-15H,13H2,1-4H3. The van der Waals surface area contributed by atoms with Crippen molar-refractivity contribution in [3.8, 4) is 11.1 Å². The molecule has 0 radical (unpaired) electrons. The van der Waals surface area contributed by atoms with E-state index in [4.69, 9.17) is 9.05 Å². The van der Waals surface area contributed by atoms with Crippen LogP contribution < -0.4 is 5.56 Å². The van der Waals surface area contributed by atoms with Gasteiger partial charge in [-0.25, -0.2) is 0 Å². The lowest BCUT2D eigenvalue weighted by atomic mass is 10.1. The van der Waals surface area contributed by atoms with Crippen molar-refractivity contribution in [1.29, 1.82) is 0 Å². The molecule has 0 aliphatic heterocycles. The Kier molecular flexibility index (Phi) is 6.16. The van der Waals surface area contributed by atoms with E-state index in [1.165, 1.54) is 10.6 Å². The lowest BCUT2D eigenvalue weighted by molar-refractivity contribution is 0.138. The van der Waals surface area contributed by atoms with Crippen molar-refractivity contribution in [3.63, 3.8) is 0 Å². The van der Waals surface area contributed by atoms with Crippen LogP contribution in [0.4, 0.5) is 0 Å². The van der Waals surface area contributed by atoms with Crippen LogP contribution in [0.25, 0.3) is 11.1 Å². The second kappa shape index (κ2) is 7.93. The first kappa shape index (κ1) is 18.7. The van der Waals surface area contributed by atoms with Gasteiger partial charge in [-0.15, -0.1) is 0 Å². The molecule has 0 N–H and O–H groups in total. The van der Waals surface area contributed by atoms with Crippen molar-refractivity contribution in [2.24, 2.45) is 0 Å². The van der Waals surface area contributed by atoms with Gasteiger partial charge in [0.1, 0.15) is 6.29 Å². The summed E-state index contributed by atoms with van der Waals surface area (Å²) in [5, 5.41) is 0. The van der Waals surface area contributed by atoms with Crippen LogP contribution in [0, 0.1) is 0 Å². The largest absolute Gasteiger partial charge is 0.350 e. The first-order valence-corrected chi connectivity index (χ1v) is 9.73. The Morgan fingerprint density at radius 3 is 2.04 bits per heavy atom. The molecule has 0 amide bonds. The Balaban J connectivity index is 2.28. The third-order valence-corrected chi connectivity index (χ3v) is 5.31. The predicted molar refractivity (Wildman–Crippen MR) is 96.2 cm³/mol. The summed E-state index contributed by atoms with van der Waals surface area (Å²) in [5.74, 6) is 0. The fourth-order valence-corrected chi connectivity index (χ4v) is 4.43. The zero-order valence-corrected chi connectivity index (χ0v) is 15.4. The van der Waals surface area contributed by atoms with Gasteiger partial charge in [-0.3, -0.25) is 9.36 Å². The van der Waals surface area contributed by atoms with Crippen LogP contribution >= 0.6 is 7.60 Å². The van der Waals surface area contributed by atoms with Crippen LogP contribution in [0.15, 0.2) is 53.5 Å². The first-order valence-electron chi connectivity index (χ1n) is 8.01. The second-order valence-electron chi connectivity index (χ2n) is 6.15. The van der Waals surface area contributed by atoms with E-state index in [2.05, 4.69) is 0 Å². The lowest BCUT2D eigenvalue weighted by Crippen LogP contribution is -2.21. The molecule has 130 valence electrons. The summed E-state index contributed by atoms with van der Waals surface area (Å²) in [6.45, 7) is 7.16. The number of nitrogens with zero attached hydrogens (tertiary/aromatic N) is 1. The monoisotopic (exact) mass is 349 g/mol. The predicted octanol–water partition coefficient (Wildman–Crippen LogP) is 4.52. The molecule has 2 rings (SSSR count). The first-order chi connectivity index (χ1) is 11.3. The third-order valence-electron chi connectivity index (χ3n) is 3.17. The van der Waals surface area contributed by atoms with Gasteiger partial charge in [0.05, 0.1) is 12.2 Å². The van der Waals surface area contributed by atoms with E-state index in [0.717, 1.165) is 11.1 Å². The topological polar surface area (TPSA) is 57.5 Å². The van der Waals surface area contributed by atoms with Gasteiger partial charge in [0.15, 0.2) is 0 Å². The molecule has 1 aromatic heterocycles. The Bertz CT molecular complexity index is 754. The molecule has 1 heterocycles. The van der Waals surface area contributed by atoms with Gasteiger partial charge in [-0.05, 0) is 44.9 Å². The quantitative estimate of drug-likeness (QED) is 0.690. The molecule has 6 heteroatoms. The van der Waals surface area contributed by atoms with Crippen molar-refractivity contribution < 1.29 is 13.6 Å². The van der Waals surface area contributed by atoms with Crippen LogP contribution in [0.1, 0.15) is 27.7 Å². The van der Waals surface area contributed by atoms with Gasteiger partial charge in [0, 0.05) is 12.3 Å². The Morgan fingerprint density at radius 1 is 0.958 bits per heavy atom. The minimum atomic E-state index is -3.40. The minimum absolute atomic E-state index is 0.0999. The van der Waals surface area contributed by atoms with Crippen LogP contribution in [-0.2, 0) is 19.9 Å². The molecule has 0 bridgehead atoms. The molecule has 0 aliphatic rings. The molecule has 0 atom stereocenters. The van der Waals surface area contributed by atoms with E-state index in [0.29, 0.717) is 0 Å². The zero-order valence-electron chi connectivity index (χ0n) is 14.5. The van der Waals surface area contributed by atoms with E-state index in [-0.39, 0.29) is 24.1 Å². The summed E-state index contributed by atoms with van der Waals surface area (Å²) in [4.78, 5) is 12.4. The van der Waals surface area contributed by atoms with Gasteiger partial charge < -0.3 is 13.6 Å². The van der Waals surface area contributed by atoms with Crippen LogP contribution in [-0.4, -0.2) is 16.8 Å². The lowest BCUT2D eigenvalue weighted by Gasteiger charge is -2.23. The second-order valence-corrected chi connectivity index (χ2v) is 8.08. The number of pyridine rings is 1. The maximum Gasteiger partial charge on any atom is 0.350 e. The normalized spacial score (nSPS) is 12.1. The Labute approximate surface area is 142 Å². The van der Waals surface area contributed by atoms with Crippen molar-refractivity contribution in [3.05, 3.63) is 59.0 Å². The number of hydrogen-bond donors (Lipinski definition) is 0. The number of hydrogen-bond acceptors (Lipinski definition) is 4. The fraction of sp³-hybridized carbons (Fsp3) is 0.389.